The lowest BCUT2D eigenvalue weighted by molar-refractivity contribution is 0.100. The van der Waals surface area contributed by atoms with E-state index >= 15 is 0 Å². The molecule has 0 saturated carbocycles. The lowest BCUT2D eigenvalue weighted by atomic mass is 10.0. The van der Waals surface area contributed by atoms with Crippen molar-refractivity contribution in [2.75, 3.05) is 76.9 Å². The first-order chi connectivity index (χ1) is 20.7. The largest absolute Gasteiger partial charge is 0.496 e. The van der Waals surface area contributed by atoms with Crippen molar-refractivity contribution < 1.29 is 14.6 Å². The Kier molecular flexibility index (Phi) is 8.73. The maximum absolute atomic E-state index is 9.25. The van der Waals surface area contributed by atoms with Crippen LogP contribution >= 0.6 is 0 Å². The molecular weight excluding hydrogens is 530 g/mol. The van der Waals surface area contributed by atoms with Gasteiger partial charge in [-0.1, -0.05) is 12.1 Å². The number of ether oxygens (including phenoxy) is 2. The molecule has 2 aliphatic heterocycles. The second-order valence-corrected chi connectivity index (χ2v) is 11.0. The van der Waals surface area contributed by atoms with Crippen molar-refractivity contribution in [3.05, 3.63) is 60.8 Å². The summed E-state index contributed by atoms with van der Waals surface area (Å²) in [5, 5.41) is 17.4. The summed E-state index contributed by atoms with van der Waals surface area (Å²) in [6.45, 7) is 7.42. The zero-order chi connectivity index (χ0) is 28.9. The van der Waals surface area contributed by atoms with Gasteiger partial charge in [-0.25, -0.2) is 9.50 Å². The number of para-hydroxylation sites is 1. The van der Waals surface area contributed by atoms with Gasteiger partial charge in [-0.2, -0.15) is 0 Å². The molecule has 0 aliphatic carbocycles. The summed E-state index contributed by atoms with van der Waals surface area (Å²) < 4.78 is 13.3. The summed E-state index contributed by atoms with van der Waals surface area (Å²) in [6.07, 6.45) is 5.32. The van der Waals surface area contributed by atoms with E-state index in [0.717, 1.165) is 91.9 Å². The third-order valence-corrected chi connectivity index (χ3v) is 8.60. The minimum Gasteiger partial charge on any atom is -0.496 e. The summed E-state index contributed by atoms with van der Waals surface area (Å²) in [5.41, 5.74) is 4.78. The van der Waals surface area contributed by atoms with Crippen molar-refractivity contribution in [2.24, 2.45) is 0 Å². The first-order valence-corrected chi connectivity index (χ1v) is 14.9. The number of hydrogen-bond acceptors (Lipinski definition) is 9. The highest BCUT2D eigenvalue weighted by atomic mass is 16.5. The van der Waals surface area contributed by atoms with E-state index in [2.05, 4.69) is 43.2 Å². The average molecular weight is 572 g/mol. The van der Waals surface area contributed by atoms with Crippen LogP contribution in [0.3, 0.4) is 0 Å². The highest BCUT2D eigenvalue weighted by Gasteiger charge is 2.26. The fourth-order valence-corrected chi connectivity index (χ4v) is 6.33. The zero-order valence-electron chi connectivity index (χ0n) is 24.6. The number of fused-ring (bicyclic) bond motifs is 1. The number of nitrogens with one attached hydrogen (secondary N) is 1. The molecule has 10 heteroatoms. The van der Waals surface area contributed by atoms with Gasteiger partial charge in [0.25, 0.3) is 0 Å². The Balaban J connectivity index is 1.15. The smallest absolute Gasteiger partial charge is 0.245 e. The van der Waals surface area contributed by atoms with Crippen LogP contribution in [0.2, 0.25) is 0 Å². The normalized spacial score (nSPS) is 17.4. The predicted octanol–water partition coefficient (Wildman–Crippen LogP) is 4.13. The summed E-state index contributed by atoms with van der Waals surface area (Å²) in [7, 11) is 3.38. The van der Waals surface area contributed by atoms with Gasteiger partial charge >= 0.3 is 0 Å². The molecule has 2 N–H and O–H groups in total. The zero-order valence-corrected chi connectivity index (χ0v) is 24.6. The highest BCUT2D eigenvalue weighted by Crippen LogP contribution is 2.33. The summed E-state index contributed by atoms with van der Waals surface area (Å²) >= 11 is 0. The quantitative estimate of drug-likeness (QED) is 0.308. The van der Waals surface area contributed by atoms with E-state index < -0.39 is 0 Å². The van der Waals surface area contributed by atoms with E-state index in [0.29, 0.717) is 12.0 Å². The molecule has 0 spiro atoms. The van der Waals surface area contributed by atoms with Gasteiger partial charge in [0, 0.05) is 56.1 Å². The van der Waals surface area contributed by atoms with Crippen molar-refractivity contribution in [1.82, 2.24) is 24.4 Å². The number of β-amino-alcohol motifs (C(OH)–C–C–N with tert-alkyl or cyclic N) is 1. The third kappa shape index (κ3) is 6.01. The molecule has 4 heterocycles. The fraction of sp³-hybridized carbons (Fsp3) is 0.438. The Morgan fingerprint density at radius 1 is 0.905 bits per heavy atom. The molecule has 2 aromatic heterocycles. The predicted molar refractivity (Wildman–Crippen MR) is 166 cm³/mol. The maximum atomic E-state index is 9.25. The van der Waals surface area contributed by atoms with Crippen molar-refractivity contribution >= 4 is 22.8 Å². The van der Waals surface area contributed by atoms with Gasteiger partial charge in [0.05, 0.1) is 43.9 Å². The standard InChI is InChI=1S/C32H41N7O3/c1-41-30-7-4-3-6-27(30)29-11-9-26-23-33-32(35-39(26)29)34-28-10-8-25(22-31(28)42-2)38-15-5-14-37(18-19-38)24-12-16-36(17-13-24)20-21-40/h3-4,6-11,22-24,40H,5,12-21H2,1-2H3,(H,34,35). The Hall–Kier alpha value is -3.86. The van der Waals surface area contributed by atoms with Gasteiger partial charge in [0.2, 0.25) is 5.95 Å². The number of rotatable bonds is 9. The molecule has 2 saturated heterocycles. The van der Waals surface area contributed by atoms with Crippen LogP contribution in [0, 0.1) is 0 Å². The molecule has 222 valence electrons. The van der Waals surface area contributed by atoms with Crippen LogP contribution in [-0.2, 0) is 0 Å². The van der Waals surface area contributed by atoms with Crippen LogP contribution in [0.1, 0.15) is 19.3 Å². The highest BCUT2D eigenvalue weighted by molar-refractivity contribution is 5.72. The van der Waals surface area contributed by atoms with E-state index in [1.807, 2.05) is 47.1 Å². The minimum atomic E-state index is 0.251. The number of methoxy groups -OCH3 is 2. The van der Waals surface area contributed by atoms with E-state index in [9.17, 15) is 5.11 Å². The molecule has 2 fully saturated rings. The number of aliphatic hydroxyl groups is 1. The van der Waals surface area contributed by atoms with E-state index in [1.54, 1.807) is 14.2 Å². The van der Waals surface area contributed by atoms with Gasteiger partial charge in [0.1, 0.15) is 11.5 Å². The molecule has 2 aliphatic rings. The number of nitrogens with zero attached hydrogens (tertiary/aromatic N) is 6. The van der Waals surface area contributed by atoms with Crippen molar-refractivity contribution in [2.45, 2.75) is 25.3 Å². The number of aliphatic hydroxyl groups excluding tert-OH is 1. The van der Waals surface area contributed by atoms with Crippen LogP contribution in [0.25, 0.3) is 16.8 Å². The minimum absolute atomic E-state index is 0.251. The molecule has 2 aromatic carbocycles. The second-order valence-electron chi connectivity index (χ2n) is 11.0. The van der Waals surface area contributed by atoms with Gasteiger partial charge in [-0.3, -0.25) is 4.90 Å². The topological polar surface area (TPSA) is 90.6 Å². The Bertz CT molecular complexity index is 1480. The Morgan fingerprint density at radius 2 is 1.74 bits per heavy atom. The Morgan fingerprint density at radius 3 is 2.55 bits per heavy atom. The van der Waals surface area contributed by atoms with Gasteiger partial charge < -0.3 is 29.7 Å². The molecule has 6 rings (SSSR count). The van der Waals surface area contributed by atoms with Gasteiger partial charge in [-0.05, 0) is 68.8 Å². The average Bonchev–Trinajstić information content (AvgIpc) is 3.29. The van der Waals surface area contributed by atoms with Crippen LogP contribution in [-0.4, -0.2) is 102 Å². The first-order valence-electron chi connectivity index (χ1n) is 14.9. The number of piperidine rings is 1. The van der Waals surface area contributed by atoms with Crippen LogP contribution < -0.4 is 19.7 Å². The van der Waals surface area contributed by atoms with Crippen molar-refractivity contribution in [1.29, 1.82) is 0 Å². The lowest BCUT2D eigenvalue weighted by Gasteiger charge is -2.38. The fourth-order valence-electron chi connectivity index (χ4n) is 6.33. The molecule has 0 unspecified atom stereocenters. The van der Waals surface area contributed by atoms with Gasteiger partial charge in [0.15, 0.2) is 0 Å². The molecule has 42 heavy (non-hydrogen) atoms. The second kappa shape index (κ2) is 13.0. The number of hydrogen-bond donors (Lipinski definition) is 2. The lowest BCUT2D eigenvalue weighted by Crippen LogP contribution is -2.46. The number of benzene rings is 2. The van der Waals surface area contributed by atoms with Crippen molar-refractivity contribution in [3.8, 4) is 22.8 Å². The van der Waals surface area contributed by atoms with Crippen LogP contribution in [0.5, 0.6) is 11.5 Å². The van der Waals surface area contributed by atoms with E-state index in [4.69, 9.17) is 14.6 Å². The third-order valence-electron chi connectivity index (χ3n) is 8.60. The van der Waals surface area contributed by atoms with Crippen LogP contribution in [0.15, 0.2) is 60.8 Å². The van der Waals surface area contributed by atoms with E-state index in [-0.39, 0.29) is 6.61 Å². The number of likely N-dealkylation sites (tertiary alicyclic amines) is 1. The van der Waals surface area contributed by atoms with Gasteiger partial charge in [-0.15, -0.1) is 5.10 Å². The molecular formula is C32H41N7O3. The number of anilines is 3. The maximum Gasteiger partial charge on any atom is 0.245 e. The SMILES string of the molecule is COc1cc(N2CCCN(C3CCN(CCO)CC3)CC2)ccc1Nc1ncc2ccc(-c3ccccc3OC)n2n1. The summed E-state index contributed by atoms with van der Waals surface area (Å²) in [4.78, 5) is 12.1. The summed E-state index contributed by atoms with van der Waals surface area (Å²) in [6, 6.07) is 18.9. The molecule has 0 radical (unpaired) electrons. The monoisotopic (exact) mass is 571 g/mol. The molecule has 4 aromatic rings. The van der Waals surface area contributed by atoms with Crippen molar-refractivity contribution in [3.63, 3.8) is 0 Å². The molecule has 0 bridgehead atoms. The van der Waals surface area contributed by atoms with E-state index in [1.165, 1.54) is 12.8 Å². The molecule has 10 nitrogen and oxygen atoms in total. The Labute approximate surface area is 247 Å². The first kappa shape index (κ1) is 28.3. The molecule has 0 atom stereocenters. The summed E-state index contributed by atoms with van der Waals surface area (Å²) in [5.74, 6) is 2.03. The van der Waals surface area contributed by atoms with Crippen LogP contribution in [0.4, 0.5) is 17.3 Å². The number of aromatic nitrogens is 3. The molecule has 0 amide bonds.